The van der Waals surface area contributed by atoms with Crippen molar-refractivity contribution in [1.29, 1.82) is 0 Å². The van der Waals surface area contributed by atoms with Crippen LogP contribution in [0.5, 0.6) is 0 Å². The molecule has 3 rings (SSSR count). The summed E-state index contributed by atoms with van der Waals surface area (Å²) in [4.78, 5) is 27.1. The van der Waals surface area contributed by atoms with Gasteiger partial charge < -0.3 is 10.6 Å². The zero-order chi connectivity index (χ0) is 16.2. The number of thiophene rings is 1. The van der Waals surface area contributed by atoms with E-state index in [0.29, 0.717) is 25.2 Å². The number of urea groups is 1. The van der Waals surface area contributed by atoms with E-state index < -0.39 is 0 Å². The van der Waals surface area contributed by atoms with Gasteiger partial charge in [-0.25, -0.2) is 4.79 Å². The van der Waals surface area contributed by atoms with Crippen LogP contribution in [-0.2, 0) is 6.54 Å². The number of rotatable bonds is 4. The lowest BCUT2D eigenvalue weighted by Gasteiger charge is -2.27. The number of hydrogen-bond donors (Lipinski definition) is 2. The van der Waals surface area contributed by atoms with Crippen LogP contribution in [0.25, 0.3) is 0 Å². The predicted octanol–water partition coefficient (Wildman–Crippen LogP) is 2.91. The molecule has 23 heavy (non-hydrogen) atoms. The van der Waals surface area contributed by atoms with Crippen molar-refractivity contribution in [2.45, 2.75) is 19.9 Å². The third kappa shape index (κ3) is 3.53. The molecule has 1 fully saturated rings. The predicted molar refractivity (Wildman–Crippen MR) is 92.0 cm³/mol. The number of benzene rings is 1. The minimum Gasteiger partial charge on any atom is -0.347 e. The van der Waals surface area contributed by atoms with Gasteiger partial charge in [0.25, 0.3) is 5.91 Å². The van der Waals surface area contributed by atoms with Crippen molar-refractivity contribution < 1.29 is 9.59 Å². The number of anilines is 1. The Kier molecular flexibility index (Phi) is 4.62. The molecule has 0 saturated carbocycles. The molecule has 0 spiro atoms. The summed E-state index contributed by atoms with van der Waals surface area (Å²) in [5, 5.41) is 7.77. The van der Waals surface area contributed by atoms with Gasteiger partial charge in [-0.1, -0.05) is 6.07 Å². The molecule has 0 bridgehead atoms. The highest BCUT2D eigenvalue weighted by atomic mass is 32.1. The molecule has 1 aromatic carbocycles. The van der Waals surface area contributed by atoms with Crippen LogP contribution in [0.3, 0.4) is 0 Å². The van der Waals surface area contributed by atoms with Gasteiger partial charge in [0, 0.05) is 29.2 Å². The Morgan fingerprint density at radius 2 is 2.26 bits per heavy atom. The van der Waals surface area contributed by atoms with E-state index in [9.17, 15) is 9.59 Å². The number of amides is 3. The van der Waals surface area contributed by atoms with Crippen molar-refractivity contribution >= 4 is 29.0 Å². The Hall–Kier alpha value is -2.34. The Labute approximate surface area is 139 Å². The second kappa shape index (κ2) is 6.83. The molecule has 3 amide bonds. The molecule has 1 aromatic heterocycles. The lowest BCUT2D eigenvalue weighted by atomic mass is 10.1. The normalized spacial score (nSPS) is 14.5. The van der Waals surface area contributed by atoms with Crippen LogP contribution in [0, 0.1) is 6.92 Å². The summed E-state index contributed by atoms with van der Waals surface area (Å²) in [5.41, 5.74) is 2.51. The fraction of sp³-hybridized carbons (Fsp3) is 0.294. The Morgan fingerprint density at radius 3 is 3.00 bits per heavy atom. The van der Waals surface area contributed by atoms with Crippen molar-refractivity contribution in [3.05, 3.63) is 51.7 Å². The maximum Gasteiger partial charge on any atom is 0.321 e. The number of hydrogen-bond acceptors (Lipinski definition) is 3. The first-order chi connectivity index (χ1) is 11.1. The molecule has 2 aromatic rings. The van der Waals surface area contributed by atoms with Gasteiger partial charge in [-0.05, 0) is 48.6 Å². The zero-order valence-corrected chi connectivity index (χ0v) is 13.8. The lowest BCUT2D eigenvalue weighted by Crippen LogP contribution is -2.46. The molecule has 1 saturated heterocycles. The van der Waals surface area contributed by atoms with Crippen molar-refractivity contribution in [3.63, 3.8) is 0 Å². The molecule has 1 aliphatic heterocycles. The summed E-state index contributed by atoms with van der Waals surface area (Å²) in [5.74, 6) is -0.128. The van der Waals surface area contributed by atoms with Gasteiger partial charge in [-0.3, -0.25) is 9.69 Å². The monoisotopic (exact) mass is 329 g/mol. The number of carbonyl (C=O) groups is 2. The third-order valence-corrected chi connectivity index (χ3v) is 4.90. The van der Waals surface area contributed by atoms with Gasteiger partial charge in [0.15, 0.2) is 0 Å². The molecule has 0 atom stereocenters. The van der Waals surface area contributed by atoms with E-state index in [4.69, 9.17) is 0 Å². The van der Waals surface area contributed by atoms with Crippen molar-refractivity contribution in [2.75, 3.05) is 18.0 Å². The smallest absolute Gasteiger partial charge is 0.321 e. The fourth-order valence-corrected chi connectivity index (χ4v) is 3.38. The van der Waals surface area contributed by atoms with Crippen LogP contribution in [0.15, 0.2) is 35.7 Å². The Bertz CT molecular complexity index is 726. The van der Waals surface area contributed by atoms with Gasteiger partial charge in [-0.15, -0.1) is 11.3 Å². The van der Waals surface area contributed by atoms with E-state index in [1.807, 2.05) is 30.5 Å². The molecule has 0 aliphatic carbocycles. The SMILES string of the molecule is Cc1ccsc1CNC(=O)c1cccc(N2CCCNC2=O)c1. The zero-order valence-electron chi connectivity index (χ0n) is 13.0. The summed E-state index contributed by atoms with van der Waals surface area (Å²) in [6.07, 6.45) is 0.903. The molecule has 6 heteroatoms. The third-order valence-electron chi connectivity index (χ3n) is 3.88. The summed E-state index contributed by atoms with van der Waals surface area (Å²) in [7, 11) is 0. The van der Waals surface area contributed by atoms with Crippen LogP contribution in [-0.4, -0.2) is 25.0 Å². The maximum atomic E-state index is 12.3. The van der Waals surface area contributed by atoms with E-state index in [0.717, 1.165) is 17.0 Å². The summed E-state index contributed by atoms with van der Waals surface area (Å²) < 4.78 is 0. The molecule has 0 radical (unpaired) electrons. The average Bonchev–Trinajstić information content (AvgIpc) is 2.98. The minimum absolute atomic E-state index is 0.108. The topological polar surface area (TPSA) is 61.4 Å². The molecular formula is C17H19N3O2S. The highest BCUT2D eigenvalue weighted by molar-refractivity contribution is 7.10. The molecule has 1 aliphatic rings. The van der Waals surface area contributed by atoms with Crippen LogP contribution in [0.2, 0.25) is 0 Å². The van der Waals surface area contributed by atoms with Gasteiger partial charge in [0.05, 0.1) is 6.54 Å². The van der Waals surface area contributed by atoms with Crippen LogP contribution >= 0.6 is 11.3 Å². The molecule has 2 heterocycles. The van der Waals surface area contributed by atoms with E-state index in [1.54, 1.807) is 28.4 Å². The Morgan fingerprint density at radius 1 is 1.39 bits per heavy atom. The largest absolute Gasteiger partial charge is 0.347 e. The first-order valence-electron chi connectivity index (χ1n) is 7.62. The minimum atomic E-state index is -0.128. The molecular weight excluding hydrogens is 310 g/mol. The summed E-state index contributed by atoms with van der Waals surface area (Å²) >= 11 is 1.64. The number of nitrogens with one attached hydrogen (secondary N) is 2. The fourth-order valence-electron chi connectivity index (χ4n) is 2.54. The number of carbonyl (C=O) groups excluding carboxylic acids is 2. The van der Waals surface area contributed by atoms with Gasteiger partial charge in [-0.2, -0.15) is 0 Å². The molecule has 0 unspecified atom stereocenters. The first kappa shape index (κ1) is 15.6. The number of aryl methyl sites for hydroxylation is 1. The highest BCUT2D eigenvalue weighted by Gasteiger charge is 2.20. The highest BCUT2D eigenvalue weighted by Crippen LogP contribution is 2.19. The van der Waals surface area contributed by atoms with E-state index in [2.05, 4.69) is 10.6 Å². The van der Waals surface area contributed by atoms with Gasteiger partial charge in [0.1, 0.15) is 0 Å². The quantitative estimate of drug-likeness (QED) is 0.906. The van der Waals surface area contributed by atoms with Crippen LogP contribution in [0.1, 0.15) is 27.2 Å². The van der Waals surface area contributed by atoms with E-state index in [-0.39, 0.29) is 11.9 Å². The van der Waals surface area contributed by atoms with E-state index >= 15 is 0 Å². The van der Waals surface area contributed by atoms with Gasteiger partial charge >= 0.3 is 6.03 Å². The standard InChI is InChI=1S/C17H19N3O2S/c1-12-6-9-23-15(12)11-19-16(21)13-4-2-5-14(10-13)20-8-3-7-18-17(20)22/h2,4-6,9-10H,3,7-8,11H2,1H3,(H,18,22)(H,19,21). The number of nitrogens with zero attached hydrogens (tertiary/aromatic N) is 1. The average molecular weight is 329 g/mol. The molecule has 120 valence electrons. The van der Waals surface area contributed by atoms with Crippen LogP contribution < -0.4 is 15.5 Å². The molecule has 5 nitrogen and oxygen atoms in total. The summed E-state index contributed by atoms with van der Waals surface area (Å²) in [6.45, 7) is 3.94. The van der Waals surface area contributed by atoms with Gasteiger partial charge in [0.2, 0.25) is 0 Å². The van der Waals surface area contributed by atoms with Crippen molar-refractivity contribution in [2.24, 2.45) is 0 Å². The maximum absolute atomic E-state index is 12.3. The Balaban J connectivity index is 1.70. The summed E-state index contributed by atoms with van der Waals surface area (Å²) in [6, 6.07) is 9.13. The van der Waals surface area contributed by atoms with E-state index in [1.165, 1.54) is 5.56 Å². The second-order valence-electron chi connectivity index (χ2n) is 5.50. The lowest BCUT2D eigenvalue weighted by molar-refractivity contribution is 0.0951. The first-order valence-corrected chi connectivity index (χ1v) is 8.50. The van der Waals surface area contributed by atoms with Crippen molar-refractivity contribution in [3.8, 4) is 0 Å². The second-order valence-corrected chi connectivity index (χ2v) is 6.50. The van der Waals surface area contributed by atoms with Crippen molar-refractivity contribution in [1.82, 2.24) is 10.6 Å². The van der Waals surface area contributed by atoms with Crippen LogP contribution in [0.4, 0.5) is 10.5 Å². The molecule has 2 N–H and O–H groups in total.